The normalized spacial score (nSPS) is 10.6. The fraction of sp³-hybridized carbons (Fsp3) is 0.111. The molecule has 0 atom stereocenters. The van der Waals surface area contributed by atoms with Crippen LogP contribution in [0.25, 0.3) is 11.0 Å². The summed E-state index contributed by atoms with van der Waals surface area (Å²) in [5.74, 6) is 0. The van der Waals surface area contributed by atoms with Crippen LogP contribution in [0.3, 0.4) is 0 Å². The highest BCUT2D eigenvalue weighted by molar-refractivity contribution is 6.29. The van der Waals surface area contributed by atoms with E-state index in [0.29, 0.717) is 0 Å². The molecule has 13 heavy (non-hydrogen) atoms. The predicted octanol–water partition coefficient (Wildman–Crippen LogP) is 1.71. The van der Waals surface area contributed by atoms with E-state index in [1.54, 1.807) is 11.6 Å². The van der Waals surface area contributed by atoms with Gasteiger partial charge in [-0.2, -0.15) is 0 Å². The summed E-state index contributed by atoms with van der Waals surface area (Å²) in [4.78, 5) is 4.09. The molecule has 1 aromatic carbocycles. The van der Waals surface area contributed by atoms with Crippen molar-refractivity contribution in [1.29, 1.82) is 5.41 Å². The van der Waals surface area contributed by atoms with Crippen molar-refractivity contribution in [3.63, 3.8) is 0 Å². The van der Waals surface area contributed by atoms with Gasteiger partial charge in [-0.3, -0.25) is 5.41 Å². The lowest BCUT2D eigenvalue weighted by atomic mass is 10.3. The first kappa shape index (κ1) is 8.26. The van der Waals surface area contributed by atoms with Crippen molar-refractivity contribution >= 4 is 22.6 Å². The van der Waals surface area contributed by atoms with Gasteiger partial charge < -0.3 is 4.57 Å². The van der Waals surface area contributed by atoms with Gasteiger partial charge >= 0.3 is 0 Å². The summed E-state index contributed by atoms with van der Waals surface area (Å²) in [5, 5.41) is 7.83. The Bertz CT molecular complexity index is 516. The lowest BCUT2D eigenvalue weighted by molar-refractivity contribution is 0.843. The number of aryl methyl sites for hydroxylation is 1. The second-order valence-corrected chi connectivity index (χ2v) is 3.16. The molecular formula is C9H8ClN3. The number of aromatic nitrogens is 2. The van der Waals surface area contributed by atoms with Gasteiger partial charge in [-0.05, 0) is 12.1 Å². The lowest BCUT2D eigenvalue weighted by Gasteiger charge is -2.04. The lowest BCUT2D eigenvalue weighted by Crippen LogP contribution is -2.18. The number of hydrogen-bond acceptors (Lipinski definition) is 2. The SMILES string of the molecule is Cn1c(=N)c(Cl)nc2ccccc21. The molecule has 0 amide bonds. The molecule has 1 heterocycles. The Morgan fingerprint density at radius 2 is 2.08 bits per heavy atom. The van der Waals surface area contributed by atoms with Crippen molar-refractivity contribution in [2.45, 2.75) is 0 Å². The van der Waals surface area contributed by atoms with Crippen LogP contribution in [0.2, 0.25) is 5.15 Å². The van der Waals surface area contributed by atoms with E-state index in [-0.39, 0.29) is 10.6 Å². The molecule has 0 spiro atoms. The van der Waals surface area contributed by atoms with E-state index in [4.69, 9.17) is 17.0 Å². The minimum atomic E-state index is 0.236. The maximum atomic E-state index is 7.59. The highest BCUT2D eigenvalue weighted by Gasteiger charge is 2.01. The molecule has 1 N–H and O–H groups in total. The molecule has 0 bridgehead atoms. The number of halogens is 1. The van der Waals surface area contributed by atoms with Crippen LogP contribution in [0.4, 0.5) is 0 Å². The number of hydrogen-bond donors (Lipinski definition) is 1. The first-order valence-electron chi connectivity index (χ1n) is 3.86. The number of para-hydroxylation sites is 2. The van der Waals surface area contributed by atoms with E-state index in [9.17, 15) is 0 Å². The van der Waals surface area contributed by atoms with E-state index >= 15 is 0 Å². The summed E-state index contributed by atoms with van der Waals surface area (Å²) in [6, 6.07) is 7.60. The van der Waals surface area contributed by atoms with Gasteiger partial charge in [0.15, 0.2) is 10.6 Å². The smallest absolute Gasteiger partial charge is 0.172 e. The highest BCUT2D eigenvalue weighted by atomic mass is 35.5. The van der Waals surface area contributed by atoms with Gasteiger partial charge in [0.2, 0.25) is 0 Å². The first-order valence-corrected chi connectivity index (χ1v) is 4.24. The molecule has 0 aliphatic rings. The molecule has 4 heteroatoms. The Hall–Kier alpha value is -1.35. The Balaban J connectivity index is 3.02. The highest BCUT2D eigenvalue weighted by Crippen LogP contribution is 2.09. The van der Waals surface area contributed by atoms with Crippen LogP contribution in [0.5, 0.6) is 0 Å². The second kappa shape index (κ2) is 2.85. The second-order valence-electron chi connectivity index (χ2n) is 2.80. The molecule has 0 saturated carbocycles. The number of rotatable bonds is 0. The number of benzene rings is 1. The van der Waals surface area contributed by atoms with Crippen molar-refractivity contribution in [1.82, 2.24) is 9.55 Å². The zero-order chi connectivity index (χ0) is 9.42. The summed E-state index contributed by atoms with van der Waals surface area (Å²) < 4.78 is 1.71. The maximum absolute atomic E-state index is 7.59. The number of fused-ring (bicyclic) bond motifs is 1. The van der Waals surface area contributed by atoms with Crippen LogP contribution < -0.4 is 5.49 Å². The van der Waals surface area contributed by atoms with Crippen LogP contribution in [0, 0.1) is 5.41 Å². The zero-order valence-corrected chi connectivity index (χ0v) is 7.84. The van der Waals surface area contributed by atoms with E-state index in [0.717, 1.165) is 11.0 Å². The Kier molecular flexibility index (Phi) is 1.81. The van der Waals surface area contributed by atoms with Crippen molar-refractivity contribution in [3.8, 4) is 0 Å². The summed E-state index contributed by atoms with van der Waals surface area (Å²) in [6.07, 6.45) is 0. The molecule has 0 radical (unpaired) electrons. The van der Waals surface area contributed by atoms with Crippen LogP contribution >= 0.6 is 11.6 Å². The van der Waals surface area contributed by atoms with E-state index in [2.05, 4.69) is 4.98 Å². The van der Waals surface area contributed by atoms with Crippen molar-refractivity contribution in [2.75, 3.05) is 0 Å². The van der Waals surface area contributed by atoms with Crippen LogP contribution in [-0.4, -0.2) is 9.55 Å². The molecule has 3 nitrogen and oxygen atoms in total. The molecule has 0 aliphatic heterocycles. The van der Waals surface area contributed by atoms with E-state index in [1.807, 2.05) is 24.3 Å². The average molecular weight is 194 g/mol. The topological polar surface area (TPSA) is 41.7 Å². The van der Waals surface area contributed by atoms with Gasteiger partial charge in [-0.1, -0.05) is 23.7 Å². The molecule has 0 saturated heterocycles. The Morgan fingerprint density at radius 3 is 2.85 bits per heavy atom. The summed E-state index contributed by atoms with van der Waals surface area (Å²) in [6.45, 7) is 0. The van der Waals surface area contributed by atoms with Gasteiger partial charge in [0.05, 0.1) is 11.0 Å². The monoisotopic (exact) mass is 193 g/mol. The van der Waals surface area contributed by atoms with Gasteiger partial charge in [0, 0.05) is 7.05 Å². The third kappa shape index (κ3) is 1.21. The largest absolute Gasteiger partial charge is 0.326 e. The number of nitrogens with one attached hydrogen (secondary N) is 1. The Labute approximate surface area is 80.1 Å². The molecule has 0 fully saturated rings. The molecule has 1 aromatic heterocycles. The van der Waals surface area contributed by atoms with Crippen LogP contribution in [-0.2, 0) is 7.05 Å². The summed E-state index contributed by atoms with van der Waals surface area (Å²) in [5.41, 5.74) is 1.96. The first-order chi connectivity index (χ1) is 6.20. The van der Waals surface area contributed by atoms with Crippen LogP contribution in [0.15, 0.2) is 24.3 Å². The maximum Gasteiger partial charge on any atom is 0.172 e. The molecule has 0 aliphatic carbocycles. The minimum Gasteiger partial charge on any atom is -0.326 e. The van der Waals surface area contributed by atoms with Crippen LogP contribution in [0.1, 0.15) is 0 Å². The molecule has 2 aromatic rings. The quantitative estimate of drug-likeness (QED) is 0.680. The molecule has 2 rings (SSSR count). The average Bonchev–Trinajstić information content (AvgIpc) is 2.15. The third-order valence-corrected chi connectivity index (χ3v) is 2.26. The van der Waals surface area contributed by atoms with E-state index < -0.39 is 0 Å². The van der Waals surface area contributed by atoms with Gasteiger partial charge in [0.1, 0.15) is 0 Å². The molecular weight excluding hydrogens is 186 g/mol. The Morgan fingerprint density at radius 1 is 1.38 bits per heavy atom. The van der Waals surface area contributed by atoms with Gasteiger partial charge in [-0.25, -0.2) is 4.98 Å². The van der Waals surface area contributed by atoms with E-state index in [1.165, 1.54) is 0 Å². The summed E-state index contributed by atoms with van der Waals surface area (Å²) >= 11 is 5.77. The predicted molar refractivity (Wildman–Crippen MR) is 51.6 cm³/mol. The third-order valence-electron chi connectivity index (χ3n) is 1.99. The molecule has 66 valence electrons. The minimum absolute atomic E-state index is 0.236. The summed E-state index contributed by atoms with van der Waals surface area (Å²) in [7, 11) is 1.80. The fourth-order valence-electron chi connectivity index (χ4n) is 1.26. The van der Waals surface area contributed by atoms with Crippen molar-refractivity contribution in [2.24, 2.45) is 7.05 Å². The standard InChI is InChI=1S/C9H8ClN3/c1-13-7-5-3-2-4-6(7)12-8(10)9(13)11/h2-5,11H,1H3. The van der Waals surface area contributed by atoms with Crippen molar-refractivity contribution in [3.05, 3.63) is 34.9 Å². The molecule has 0 unspecified atom stereocenters. The van der Waals surface area contributed by atoms with Gasteiger partial charge in [0.25, 0.3) is 0 Å². The van der Waals surface area contributed by atoms with Gasteiger partial charge in [-0.15, -0.1) is 0 Å². The fourth-order valence-corrected chi connectivity index (χ4v) is 1.48. The number of nitrogens with zero attached hydrogens (tertiary/aromatic N) is 2. The van der Waals surface area contributed by atoms with Crippen molar-refractivity contribution < 1.29 is 0 Å². The zero-order valence-electron chi connectivity index (χ0n) is 7.08.